The Bertz CT molecular complexity index is 666. The van der Waals surface area contributed by atoms with Crippen molar-refractivity contribution in [2.24, 2.45) is 0 Å². The zero-order valence-corrected chi connectivity index (χ0v) is 13.0. The highest BCUT2D eigenvalue weighted by Crippen LogP contribution is 2.27. The van der Waals surface area contributed by atoms with Crippen molar-refractivity contribution in [1.82, 2.24) is 5.32 Å². The van der Waals surface area contributed by atoms with E-state index in [4.69, 9.17) is 0 Å². The molecule has 1 aliphatic heterocycles. The van der Waals surface area contributed by atoms with E-state index < -0.39 is 0 Å². The first-order valence-corrected chi connectivity index (χ1v) is 7.88. The summed E-state index contributed by atoms with van der Waals surface area (Å²) < 4.78 is 0. The molecule has 3 nitrogen and oxygen atoms in total. The number of para-hydroxylation sites is 1. The number of nitrogens with one attached hydrogen (secondary N) is 1. The molecule has 0 bridgehead atoms. The van der Waals surface area contributed by atoms with Gasteiger partial charge in [-0.2, -0.15) is 0 Å². The first-order chi connectivity index (χ1) is 10.7. The van der Waals surface area contributed by atoms with Crippen molar-refractivity contribution in [1.29, 1.82) is 0 Å². The Kier molecular flexibility index (Phi) is 4.42. The van der Waals surface area contributed by atoms with Gasteiger partial charge in [0.1, 0.15) is 0 Å². The van der Waals surface area contributed by atoms with Gasteiger partial charge >= 0.3 is 0 Å². The number of hydrogen-bond donors (Lipinski definition) is 1. The van der Waals surface area contributed by atoms with Crippen molar-refractivity contribution >= 4 is 11.6 Å². The topological polar surface area (TPSA) is 32.3 Å². The minimum Gasteiger partial charge on any atom is -0.370 e. The SMILES string of the molecule is Cc1ccccc1CNC(=O)CCN1CCc2ccccc21. The van der Waals surface area contributed by atoms with Crippen LogP contribution in [0.25, 0.3) is 0 Å². The molecule has 0 aliphatic carbocycles. The maximum atomic E-state index is 12.1. The van der Waals surface area contributed by atoms with E-state index in [1.807, 2.05) is 12.1 Å². The average molecular weight is 294 g/mol. The molecule has 0 fully saturated rings. The largest absolute Gasteiger partial charge is 0.370 e. The van der Waals surface area contributed by atoms with Crippen LogP contribution < -0.4 is 10.2 Å². The highest BCUT2D eigenvalue weighted by Gasteiger charge is 2.18. The molecule has 114 valence electrons. The Morgan fingerprint density at radius 3 is 2.77 bits per heavy atom. The number of carbonyl (C=O) groups excluding carboxylic acids is 1. The van der Waals surface area contributed by atoms with Crippen molar-refractivity contribution in [3.63, 3.8) is 0 Å². The summed E-state index contributed by atoms with van der Waals surface area (Å²) in [6, 6.07) is 16.6. The molecule has 1 heterocycles. The summed E-state index contributed by atoms with van der Waals surface area (Å²) in [7, 11) is 0. The number of carbonyl (C=O) groups is 1. The first-order valence-electron chi connectivity index (χ1n) is 7.88. The van der Waals surface area contributed by atoms with E-state index >= 15 is 0 Å². The highest BCUT2D eigenvalue weighted by molar-refractivity contribution is 5.76. The molecule has 0 unspecified atom stereocenters. The fourth-order valence-corrected chi connectivity index (χ4v) is 2.97. The molecule has 22 heavy (non-hydrogen) atoms. The van der Waals surface area contributed by atoms with Crippen LogP contribution in [0.4, 0.5) is 5.69 Å². The zero-order valence-electron chi connectivity index (χ0n) is 13.0. The maximum Gasteiger partial charge on any atom is 0.222 e. The lowest BCUT2D eigenvalue weighted by atomic mass is 10.1. The smallest absolute Gasteiger partial charge is 0.222 e. The molecular formula is C19H22N2O. The molecule has 1 aliphatic rings. The van der Waals surface area contributed by atoms with Gasteiger partial charge in [-0.15, -0.1) is 0 Å². The average Bonchev–Trinajstić information content (AvgIpc) is 2.95. The molecule has 0 saturated carbocycles. The van der Waals surface area contributed by atoms with Crippen LogP contribution in [0, 0.1) is 6.92 Å². The van der Waals surface area contributed by atoms with Gasteiger partial charge in [-0.1, -0.05) is 42.5 Å². The van der Waals surface area contributed by atoms with Crippen LogP contribution in [-0.4, -0.2) is 19.0 Å². The summed E-state index contributed by atoms with van der Waals surface area (Å²) in [4.78, 5) is 14.4. The Hall–Kier alpha value is -2.29. The molecule has 1 N–H and O–H groups in total. The molecule has 3 heteroatoms. The number of fused-ring (bicyclic) bond motifs is 1. The van der Waals surface area contributed by atoms with Gasteiger partial charge in [0.2, 0.25) is 5.91 Å². The lowest BCUT2D eigenvalue weighted by molar-refractivity contribution is -0.121. The van der Waals surface area contributed by atoms with Gasteiger partial charge in [0.25, 0.3) is 0 Å². The van der Waals surface area contributed by atoms with E-state index in [-0.39, 0.29) is 5.91 Å². The van der Waals surface area contributed by atoms with E-state index in [0.717, 1.165) is 19.5 Å². The van der Waals surface area contributed by atoms with Gasteiger partial charge in [-0.25, -0.2) is 0 Å². The minimum atomic E-state index is 0.118. The van der Waals surface area contributed by atoms with Crippen LogP contribution in [0.3, 0.4) is 0 Å². The summed E-state index contributed by atoms with van der Waals surface area (Å²) in [6.07, 6.45) is 1.63. The number of hydrogen-bond acceptors (Lipinski definition) is 2. The third-order valence-corrected chi connectivity index (χ3v) is 4.33. The van der Waals surface area contributed by atoms with E-state index in [9.17, 15) is 4.79 Å². The third-order valence-electron chi connectivity index (χ3n) is 4.33. The second-order valence-electron chi connectivity index (χ2n) is 5.82. The fourth-order valence-electron chi connectivity index (χ4n) is 2.97. The quantitative estimate of drug-likeness (QED) is 0.919. The van der Waals surface area contributed by atoms with E-state index in [2.05, 4.69) is 53.5 Å². The van der Waals surface area contributed by atoms with Crippen LogP contribution in [0.15, 0.2) is 48.5 Å². The van der Waals surface area contributed by atoms with Crippen LogP contribution >= 0.6 is 0 Å². The van der Waals surface area contributed by atoms with Gasteiger partial charge < -0.3 is 10.2 Å². The summed E-state index contributed by atoms with van der Waals surface area (Å²) >= 11 is 0. The third kappa shape index (κ3) is 3.30. The Balaban J connectivity index is 1.48. The van der Waals surface area contributed by atoms with Crippen molar-refractivity contribution in [3.8, 4) is 0 Å². The fraction of sp³-hybridized carbons (Fsp3) is 0.316. The molecule has 0 saturated heterocycles. The van der Waals surface area contributed by atoms with Gasteiger partial charge in [0.05, 0.1) is 0 Å². The number of amides is 1. The first kappa shape index (κ1) is 14.6. The number of rotatable bonds is 5. The number of anilines is 1. The van der Waals surface area contributed by atoms with Gasteiger partial charge in [-0.3, -0.25) is 4.79 Å². The van der Waals surface area contributed by atoms with Gasteiger partial charge in [-0.05, 0) is 36.1 Å². The lowest BCUT2D eigenvalue weighted by Crippen LogP contribution is -2.29. The van der Waals surface area contributed by atoms with Crippen molar-refractivity contribution in [2.45, 2.75) is 26.3 Å². The lowest BCUT2D eigenvalue weighted by Gasteiger charge is -2.19. The predicted octanol–water partition coefficient (Wildman–Crippen LogP) is 3.06. The van der Waals surface area contributed by atoms with Crippen LogP contribution in [-0.2, 0) is 17.8 Å². The maximum absolute atomic E-state index is 12.1. The highest BCUT2D eigenvalue weighted by atomic mass is 16.1. The summed E-state index contributed by atoms with van der Waals surface area (Å²) in [5, 5.41) is 3.02. The van der Waals surface area contributed by atoms with E-state index in [1.165, 1.54) is 22.4 Å². The number of benzene rings is 2. The second-order valence-corrected chi connectivity index (χ2v) is 5.82. The number of aryl methyl sites for hydroxylation is 1. The molecule has 0 radical (unpaired) electrons. The van der Waals surface area contributed by atoms with Crippen molar-refractivity contribution < 1.29 is 4.79 Å². The molecular weight excluding hydrogens is 272 g/mol. The molecule has 2 aromatic rings. The second kappa shape index (κ2) is 6.65. The minimum absolute atomic E-state index is 0.118. The summed E-state index contributed by atoms with van der Waals surface area (Å²) in [5.74, 6) is 0.118. The Morgan fingerprint density at radius 2 is 1.91 bits per heavy atom. The molecule has 1 amide bonds. The van der Waals surface area contributed by atoms with E-state index in [1.54, 1.807) is 0 Å². The number of nitrogens with zero attached hydrogens (tertiary/aromatic N) is 1. The summed E-state index contributed by atoms with van der Waals surface area (Å²) in [6.45, 7) is 4.49. The van der Waals surface area contributed by atoms with Crippen molar-refractivity contribution in [3.05, 3.63) is 65.2 Å². The van der Waals surface area contributed by atoms with E-state index in [0.29, 0.717) is 13.0 Å². The summed E-state index contributed by atoms with van der Waals surface area (Å²) in [5.41, 5.74) is 5.08. The Labute approximate surface area is 132 Å². The van der Waals surface area contributed by atoms with Gasteiger partial charge in [0.15, 0.2) is 0 Å². The van der Waals surface area contributed by atoms with Crippen molar-refractivity contribution in [2.75, 3.05) is 18.0 Å². The normalized spacial score (nSPS) is 13.0. The van der Waals surface area contributed by atoms with Crippen LogP contribution in [0.5, 0.6) is 0 Å². The predicted molar refractivity (Wildman–Crippen MR) is 90.0 cm³/mol. The standard InChI is InChI=1S/C19H22N2O/c1-15-6-2-3-8-17(15)14-20-19(22)11-13-21-12-10-16-7-4-5-9-18(16)21/h2-9H,10-14H2,1H3,(H,20,22). The zero-order chi connectivity index (χ0) is 15.4. The molecule has 0 aromatic heterocycles. The molecule has 2 aromatic carbocycles. The Morgan fingerprint density at radius 1 is 1.14 bits per heavy atom. The van der Waals surface area contributed by atoms with Crippen LogP contribution in [0.2, 0.25) is 0 Å². The molecule has 0 spiro atoms. The molecule has 0 atom stereocenters. The van der Waals surface area contributed by atoms with Gasteiger partial charge in [0, 0.05) is 31.7 Å². The monoisotopic (exact) mass is 294 g/mol. The molecule has 3 rings (SSSR count). The van der Waals surface area contributed by atoms with Crippen LogP contribution in [0.1, 0.15) is 23.1 Å².